The molecule has 3 fully saturated rings. The lowest BCUT2D eigenvalue weighted by molar-refractivity contribution is -0.0332. The Morgan fingerprint density at radius 2 is 1.76 bits per heavy atom. The minimum Gasteiger partial charge on any atom is -0.490 e. The van der Waals surface area contributed by atoms with Crippen LogP contribution in [-0.4, -0.2) is 72.9 Å². The first-order chi connectivity index (χ1) is 28.1. The molecule has 0 radical (unpaired) electrons. The lowest BCUT2D eigenvalue weighted by Crippen LogP contribution is -2.51. The number of nitrogens with zero attached hydrogens (tertiary/aromatic N) is 9. The Labute approximate surface area is 346 Å². The van der Waals surface area contributed by atoms with E-state index in [-0.39, 0.29) is 35.6 Å². The van der Waals surface area contributed by atoms with Crippen LogP contribution < -0.4 is 19.7 Å². The number of aliphatic imine (C=N–C) groups is 1. The number of rotatable bonds is 8. The molecule has 1 spiro atoms. The number of nitrogens with one attached hydrogen (secondary N) is 1. The van der Waals surface area contributed by atoms with Crippen LogP contribution in [-0.2, 0) is 0 Å². The number of ether oxygens (including phenoxy) is 2. The van der Waals surface area contributed by atoms with E-state index >= 15 is 0 Å². The number of carbonyl (C=O) groups excluding carboxylic acids is 1. The van der Waals surface area contributed by atoms with E-state index in [1.165, 1.54) is 10.4 Å². The van der Waals surface area contributed by atoms with E-state index in [2.05, 4.69) is 68.1 Å². The second-order valence-electron chi connectivity index (χ2n) is 16.2. The van der Waals surface area contributed by atoms with Crippen molar-refractivity contribution >= 4 is 40.4 Å². The van der Waals surface area contributed by atoms with Gasteiger partial charge in [-0.2, -0.15) is 5.26 Å². The molecule has 1 atom stereocenters. The van der Waals surface area contributed by atoms with Crippen LogP contribution in [0.1, 0.15) is 114 Å². The molecule has 1 saturated heterocycles. The van der Waals surface area contributed by atoms with Crippen LogP contribution in [0.15, 0.2) is 53.7 Å². The highest BCUT2D eigenvalue weighted by molar-refractivity contribution is 7.15. The molecule has 1 aromatic carbocycles. The van der Waals surface area contributed by atoms with E-state index < -0.39 is 0 Å². The maximum Gasteiger partial charge on any atom is 0.272 e. The zero-order valence-electron chi connectivity index (χ0n) is 33.0. The molecule has 58 heavy (non-hydrogen) atoms. The first-order valence-electron chi connectivity index (χ1n) is 20.1. The first kappa shape index (κ1) is 38.1. The third-order valence-corrected chi connectivity index (χ3v) is 13.9. The summed E-state index contributed by atoms with van der Waals surface area (Å²) < 4.78 is 14.6. The fourth-order valence-electron chi connectivity index (χ4n) is 8.90. The molecular formula is C43H45ClN10O3S. The third-order valence-electron chi connectivity index (χ3n) is 12.4. The summed E-state index contributed by atoms with van der Waals surface area (Å²) in [5.74, 6) is 3.60. The van der Waals surface area contributed by atoms with Gasteiger partial charge in [-0.1, -0.05) is 11.6 Å². The molecule has 1 amide bonds. The number of piperidine rings is 1. The summed E-state index contributed by atoms with van der Waals surface area (Å²) in [7, 11) is 0. The number of pyridine rings is 1. The lowest BCUT2D eigenvalue weighted by atomic mass is 9.61. The van der Waals surface area contributed by atoms with Crippen molar-refractivity contribution in [1.82, 2.24) is 35.3 Å². The van der Waals surface area contributed by atoms with Crippen LogP contribution in [0.3, 0.4) is 0 Å². The summed E-state index contributed by atoms with van der Waals surface area (Å²) >= 11 is 7.91. The highest BCUT2D eigenvalue weighted by atomic mass is 35.5. The van der Waals surface area contributed by atoms with E-state index in [1.54, 1.807) is 35.6 Å². The van der Waals surface area contributed by atoms with Gasteiger partial charge in [0.05, 0.1) is 22.4 Å². The molecule has 2 aliphatic heterocycles. The fourth-order valence-corrected chi connectivity index (χ4v) is 10.3. The van der Waals surface area contributed by atoms with Crippen molar-refractivity contribution in [2.24, 2.45) is 10.4 Å². The molecule has 4 aliphatic rings. The minimum atomic E-state index is -0.208. The number of aryl methyl sites for hydroxylation is 2. The molecule has 15 heteroatoms. The van der Waals surface area contributed by atoms with Crippen molar-refractivity contribution in [3.05, 3.63) is 98.2 Å². The molecule has 1 N–H and O–H groups in total. The van der Waals surface area contributed by atoms with Crippen LogP contribution in [0, 0.1) is 37.5 Å². The summed E-state index contributed by atoms with van der Waals surface area (Å²) in [6.45, 7) is 10.1. The van der Waals surface area contributed by atoms with Crippen LogP contribution >= 0.6 is 22.9 Å². The summed E-state index contributed by atoms with van der Waals surface area (Å²) in [5.41, 5.74) is 5.25. The smallest absolute Gasteiger partial charge is 0.272 e. The molecule has 2 saturated carbocycles. The standard InChI is InChI=1S/C43H45ClN10O3S/c1-24-26(3)58-42-38(24)39(47-25(2)40-52-49-27(4)54(40)42)29-6-14-37(46-23-29)57-33-20-43(21-33)15-17-53(18-16-43)36-13-12-35(50-51-36)41(55)48-30-7-10-31(11-8-30)56-32-9-5-28(22-45)34(44)19-32/h5-6,9,12-14,19,23,25,30-31,33H,7-8,10-11,15-18,20-21H2,1-4H3,(H,48,55)/t25-,30-,31-/m0/s1. The van der Waals surface area contributed by atoms with Gasteiger partial charge in [0, 0.05) is 53.5 Å². The number of thiophene rings is 1. The van der Waals surface area contributed by atoms with Crippen molar-refractivity contribution in [1.29, 1.82) is 5.26 Å². The Hall–Kier alpha value is -5.39. The number of nitriles is 1. The van der Waals surface area contributed by atoms with Gasteiger partial charge in [-0.15, -0.1) is 31.7 Å². The number of anilines is 1. The van der Waals surface area contributed by atoms with Gasteiger partial charge in [0.2, 0.25) is 5.88 Å². The van der Waals surface area contributed by atoms with Gasteiger partial charge in [0.15, 0.2) is 17.3 Å². The molecule has 2 aliphatic carbocycles. The normalized spacial score (nSPS) is 21.2. The quantitative estimate of drug-likeness (QED) is 0.164. The zero-order chi connectivity index (χ0) is 40.1. The van der Waals surface area contributed by atoms with E-state index in [1.807, 2.05) is 25.3 Å². The third kappa shape index (κ3) is 7.30. The molecule has 9 rings (SSSR count). The second kappa shape index (κ2) is 15.4. The summed E-state index contributed by atoms with van der Waals surface area (Å²) in [5, 5.41) is 31.3. The fraction of sp³-hybridized carbons (Fsp3) is 0.442. The topological polar surface area (TPSA) is 156 Å². The molecule has 6 heterocycles. The maximum absolute atomic E-state index is 13.0. The molecule has 5 aromatic rings. The predicted molar refractivity (Wildman–Crippen MR) is 222 cm³/mol. The van der Waals surface area contributed by atoms with Crippen molar-refractivity contribution in [2.45, 2.75) is 103 Å². The number of hydrogen-bond donors (Lipinski definition) is 1. The Morgan fingerprint density at radius 1 is 0.966 bits per heavy atom. The molecule has 4 aromatic heterocycles. The molecule has 13 nitrogen and oxygen atoms in total. The average molecular weight is 817 g/mol. The monoisotopic (exact) mass is 816 g/mol. The van der Waals surface area contributed by atoms with Gasteiger partial charge in [-0.3, -0.25) is 14.4 Å². The maximum atomic E-state index is 13.0. The average Bonchev–Trinajstić information content (AvgIpc) is 3.71. The van der Waals surface area contributed by atoms with Crippen LogP contribution in [0.2, 0.25) is 5.02 Å². The lowest BCUT2D eigenvalue weighted by Gasteiger charge is -2.51. The van der Waals surface area contributed by atoms with Gasteiger partial charge in [0.25, 0.3) is 5.91 Å². The second-order valence-corrected chi connectivity index (χ2v) is 17.8. The Balaban J connectivity index is 0.738. The highest BCUT2D eigenvalue weighted by Crippen LogP contribution is 2.50. The van der Waals surface area contributed by atoms with E-state index in [9.17, 15) is 4.79 Å². The summed E-state index contributed by atoms with van der Waals surface area (Å²) in [4.78, 5) is 26.5. The van der Waals surface area contributed by atoms with Crippen molar-refractivity contribution in [3.8, 4) is 22.7 Å². The van der Waals surface area contributed by atoms with Crippen molar-refractivity contribution in [3.63, 3.8) is 0 Å². The number of amides is 1. The van der Waals surface area contributed by atoms with E-state index in [0.29, 0.717) is 27.9 Å². The predicted octanol–water partition coefficient (Wildman–Crippen LogP) is 7.82. The molecular weight excluding hydrogens is 772 g/mol. The van der Waals surface area contributed by atoms with E-state index in [0.717, 1.165) is 104 Å². The number of aromatic nitrogens is 6. The summed E-state index contributed by atoms with van der Waals surface area (Å²) in [6.07, 6.45) is 9.40. The van der Waals surface area contributed by atoms with Crippen molar-refractivity contribution < 1.29 is 14.3 Å². The van der Waals surface area contributed by atoms with Crippen LogP contribution in [0.5, 0.6) is 11.6 Å². The largest absolute Gasteiger partial charge is 0.490 e. The van der Waals surface area contributed by atoms with Crippen LogP contribution in [0.4, 0.5) is 5.82 Å². The molecule has 0 unspecified atom stereocenters. The van der Waals surface area contributed by atoms with E-state index in [4.69, 9.17) is 36.3 Å². The Morgan fingerprint density at radius 3 is 2.45 bits per heavy atom. The van der Waals surface area contributed by atoms with Gasteiger partial charge < -0.3 is 19.7 Å². The van der Waals surface area contributed by atoms with Crippen molar-refractivity contribution in [2.75, 3.05) is 18.0 Å². The van der Waals surface area contributed by atoms with Gasteiger partial charge in [0.1, 0.15) is 34.8 Å². The van der Waals surface area contributed by atoms with Gasteiger partial charge in [-0.05, 0) is 120 Å². The highest BCUT2D eigenvalue weighted by Gasteiger charge is 2.47. The number of hydrogen-bond acceptors (Lipinski definition) is 12. The molecule has 0 bridgehead atoms. The number of halogens is 1. The summed E-state index contributed by atoms with van der Waals surface area (Å²) in [6, 6.07) is 14.8. The number of carbonyl (C=O) groups is 1. The van der Waals surface area contributed by atoms with Crippen LogP contribution in [0.25, 0.3) is 5.00 Å². The molecule has 298 valence electrons. The zero-order valence-corrected chi connectivity index (χ0v) is 34.6. The number of fused-ring (bicyclic) bond motifs is 3. The Bertz CT molecular complexity index is 2420. The number of benzene rings is 1. The Kier molecular flexibility index (Phi) is 10.1. The SMILES string of the molecule is Cc1sc2c(c1C)C(c1ccc(OC3CC4(CCN(c5ccc(C(=O)N[C@H]6CC[C@H](Oc7ccc(C#N)c(Cl)c7)CC6)nn5)CC4)C3)nc1)=N[C@@H](C)c1nnc(C)n1-2. The first-order valence-corrected chi connectivity index (χ1v) is 21.3. The van der Waals surface area contributed by atoms with Gasteiger partial charge >= 0.3 is 0 Å². The van der Waals surface area contributed by atoms with Gasteiger partial charge in [-0.25, -0.2) is 4.98 Å². The minimum absolute atomic E-state index is 0.0330.